The predicted octanol–water partition coefficient (Wildman–Crippen LogP) is 1.36. The van der Waals surface area contributed by atoms with Crippen LogP contribution in [0.3, 0.4) is 0 Å². The molecule has 6 heteroatoms. The van der Waals surface area contributed by atoms with Crippen molar-refractivity contribution in [1.82, 2.24) is 24.3 Å². The summed E-state index contributed by atoms with van der Waals surface area (Å²) in [5.74, 6) is 0.152. The first-order chi connectivity index (χ1) is 11.1. The molecule has 0 N–H and O–H groups in total. The molecule has 0 saturated carbocycles. The lowest BCUT2D eigenvalue weighted by molar-refractivity contribution is -0.141. The highest BCUT2D eigenvalue weighted by Crippen LogP contribution is 2.32. The average Bonchev–Trinajstić information content (AvgIpc) is 3.11. The van der Waals surface area contributed by atoms with Crippen LogP contribution < -0.4 is 0 Å². The molecule has 1 saturated heterocycles. The fraction of sp³-hybridized carbons (Fsp3) is 0.471. The van der Waals surface area contributed by atoms with Crippen LogP contribution >= 0.6 is 0 Å². The minimum absolute atomic E-state index is 0.152. The Kier molecular flexibility index (Phi) is 4.43. The Hall–Kier alpha value is -2.21. The molecule has 0 unspecified atom stereocenters. The molecule has 1 aliphatic heterocycles. The lowest BCUT2D eigenvalue weighted by atomic mass is 9.85. The molecule has 3 heterocycles. The third kappa shape index (κ3) is 3.12. The molecule has 0 spiro atoms. The van der Waals surface area contributed by atoms with Crippen LogP contribution in [-0.2, 0) is 16.9 Å². The first kappa shape index (κ1) is 15.7. The zero-order valence-electron chi connectivity index (χ0n) is 13.7. The van der Waals surface area contributed by atoms with Crippen LogP contribution in [0.5, 0.6) is 0 Å². The maximum absolute atomic E-state index is 12.8. The van der Waals surface area contributed by atoms with Crippen LogP contribution in [-0.4, -0.2) is 57.4 Å². The van der Waals surface area contributed by atoms with Gasteiger partial charge >= 0.3 is 0 Å². The van der Waals surface area contributed by atoms with Gasteiger partial charge in [0.05, 0.1) is 6.33 Å². The van der Waals surface area contributed by atoms with Gasteiger partial charge in [0, 0.05) is 58.5 Å². The lowest BCUT2D eigenvalue weighted by Gasteiger charge is -2.42. The number of likely N-dealkylation sites (tertiary alicyclic amines) is 1. The van der Waals surface area contributed by atoms with E-state index in [-0.39, 0.29) is 5.91 Å². The van der Waals surface area contributed by atoms with Crippen molar-refractivity contribution in [2.75, 3.05) is 27.2 Å². The van der Waals surface area contributed by atoms with E-state index < -0.39 is 5.54 Å². The van der Waals surface area contributed by atoms with Gasteiger partial charge in [-0.05, 0) is 30.5 Å². The maximum atomic E-state index is 12.8. The first-order valence-electron chi connectivity index (χ1n) is 7.93. The number of imidazole rings is 1. The zero-order valence-corrected chi connectivity index (χ0v) is 13.7. The van der Waals surface area contributed by atoms with Crippen molar-refractivity contribution in [2.24, 2.45) is 0 Å². The summed E-state index contributed by atoms with van der Waals surface area (Å²) >= 11 is 0. The fourth-order valence-electron chi connectivity index (χ4n) is 3.34. The number of piperidine rings is 1. The summed E-state index contributed by atoms with van der Waals surface area (Å²) in [7, 11) is 3.65. The molecule has 1 amide bonds. The van der Waals surface area contributed by atoms with E-state index in [2.05, 4.69) is 14.9 Å². The standard InChI is InChI=1S/C17H23N5O/c1-20(2)16(23)17(22-12-9-19-14-22)5-10-21(11-6-17)13-15-3-7-18-8-4-15/h3-4,7-9,12,14H,5-6,10-11,13H2,1-2H3. The first-order valence-corrected chi connectivity index (χ1v) is 7.93. The van der Waals surface area contributed by atoms with Crippen molar-refractivity contribution in [3.63, 3.8) is 0 Å². The molecule has 0 aliphatic carbocycles. The fourth-order valence-corrected chi connectivity index (χ4v) is 3.34. The Bertz CT molecular complexity index is 630. The van der Waals surface area contributed by atoms with Crippen LogP contribution in [0.25, 0.3) is 0 Å². The Morgan fingerprint density at radius 1 is 1.17 bits per heavy atom. The average molecular weight is 313 g/mol. The Balaban J connectivity index is 1.74. The second-order valence-electron chi connectivity index (χ2n) is 6.33. The summed E-state index contributed by atoms with van der Waals surface area (Å²) in [6.07, 6.45) is 10.7. The molecular weight excluding hydrogens is 290 g/mol. The molecule has 0 radical (unpaired) electrons. The number of hydrogen-bond donors (Lipinski definition) is 0. The quantitative estimate of drug-likeness (QED) is 0.855. The van der Waals surface area contributed by atoms with E-state index in [1.54, 1.807) is 17.4 Å². The lowest BCUT2D eigenvalue weighted by Crippen LogP contribution is -2.54. The number of likely N-dealkylation sites (N-methyl/N-ethyl adjacent to an activating group) is 1. The van der Waals surface area contributed by atoms with Crippen LogP contribution in [0, 0.1) is 0 Å². The van der Waals surface area contributed by atoms with Crippen molar-refractivity contribution < 1.29 is 4.79 Å². The topological polar surface area (TPSA) is 54.3 Å². The van der Waals surface area contributed by atoms with Crippen molar-refractivity contribution in [1.29, 1.82) is 0 Å². The molecule has 122 valence electrons. The Morgan fingerprint density at radius 3 is 2.43 bits per heavy atom. The second-order valence-corrected chi connectivity index (χ2v) is 6.33. The number of hydrogen-bond acceptors (Lipinski definition) is 4. The molecule has 3 rings (SSSR count). The van der Waals surface area contributed by atoms with Crippen molar-refractivity contribution in [2.45, 2.75) is 24.9 Å². The minimum Gasteiger partial charge on any atom is -0.347 e. The smallest absolute Gasteiger partial charge is 0.248 e. The number of carbonyl (C=O) groups excluding carboxylic acids is 1. The van der Waals surface area contributed by atoms with Crippen molar-refractivity contribution in [3.8, 4) is 0 Å². The van der Waals surface area contributed by atoms with E-state index >= 15 is 0 Å². The number of nitrogens with zero attached hydrogens (tertiary/aromatic N) is 5. The SMILES string of the molecule is CN(C)C(=O)C1(n2ccnc2)CCN(Cc2ccncc2)CC1. The highest BCUT2D eigenvalue weighted by Gasteiger charge is 2.43. The third-order valence-corrected chi connectivity index (χ3v) is 4.64. The van der Waals surface area contributed by atoms with Crippen LogP contribution in [0.4, 0.5) is 0 Å². The van der Waals surface area contributed by atoms with E-state index in [9.17, 15) is 4.79 Å². The summed E-state index contributed by atoms with van der Waals surface area (Å²) in [6, 6.07) is 4.09. The maximum Gasteiger partial charge on any atom is 0.248 e. The van der Waals surface area contributed by atoms with E-state index in [1.165, 1.54) is 5.56 Å². The number of aromatic nitrogens is 3. The highest BCUT2D eigenvalue weighted by molar-refractivity contribution is 5.84. The third-order valence-electron chi connectivity index (χ3n) is 4.64. The molecule has 0 aromatic carbocycles. The van der Waals surface area contributed by atoms with Gasteiger partial charge in [-0.25, -0.2) is 4.98 Å². The van der Waals surface area contributed by atoms with Crippen molar-refractivity contribution in [3.05, 3.63) is 48.8 Å². The molecule has 1 aliphatic rings. The number of carbonyl (C=O) groups is 1. The summed E-state index contributed by atoms with van der Waals surface area (Å²) in [4.78, 5) is 25.1. The van der Waals surface area contributed by atoms with Gasteiger partial charge in [0.25, 0.3) is 0 Å². The Morgan fingerprint density at radius 2 is 1.87 bits per heavy atom. The highest BCUT2D eigenvalue weighted by atomic mass is 16.2. The van der Waals surface area contributed by atoms with Gasteiger partial charge in [0.2, 0.25) is 5.91 Å². The molecule has 0 bridgehead atoms. The minimum atomic E-state index is -0.505. The van der Waals surface area contributed by atoms with Gasteiger partial charge in [0.1, 0.15) is 5.54 Å². The monoisotopic (exact) mass is 313 g/mol. The van der Waals surface area contributed by atoms with Gasteiger partial charge in [-0.3, -0.25) is 14.7 Å². The molecule has 0 atom stereocenters. The van der Waals surface area contributed by atoms with Gasteiger partial charge in [-0.1, -0.05) is 0 Å². The normalized spacial score (nSPS) is 17.8. The molecule has 23 heavy (non-hydrogen) atoms. The second kappa shape index (κ2) is 6.50. The van der Waals surface area contributed by atoms with E-state index in [0.29, 0.717) is 0 Å². The number of amides is 1. The predicted molar refractivity (Wildman–Crippen MR) is 87.6 cm³/mol. The molecule has 2 aromatic rings. The molecule has 2 aromatic heterocycles. The van der Waals surface area contributed by atoms with Gasteiger partial charge in [0.15, 0.2) is 0 Å². The van der Waals surface area contributed by atoms with Crippen LogP contribution in [0.1, 0.15) is 18.4 Å². The summed E-state index contributed by atoms with van der Waals surface area (Å²) in [5.41, 5.74) is 0.753. The number of rotatable bonds is 4. The van der Waals surface area contributed by atoms with E-state index in [1.807, 2.05) is 49.4 Å². The van der Waals surface area contributed by atoms with E-state index in [0.717, 1.165) is 32.5 Å². The Labute approximate surface area is 136 Å². The van der Waals surface area contributed by atoms with Gasteiger partial charge < -0.3 is 9.47 Å². The van der Waals surface area contributed by atoms with Crippen LogP contribution in [0.2, 0.25) is 0 Å². The number of pyridine rings is 1. The van der Waals surface area contributed by atoms with Gasteiger partial charge in [-0.15, -0.1) is 0 Å². The summed E-state index contributed by atoms with van der Waals surface area (Å²) in [5, 5.41) is 0. The van der Waals surface area contributed by atoms with Crippen molar-refractivity contribution >= 4 is 5.91 Å². The molecule has 6 nitrogen and oxygen atoms in total. The zero-order chi connectivity index (χ0) is 16.3. The van der Waals surface area contributed by atoms with Gasteiger partial charge in [-0.2, -0.15) is 0 Å². The summed E-state index contributed by atoms with van der Waals surface area (Å²) < 4.78 is 1.99. The summed E-state index contributed by atoms with van der Waals surface area (Å²) in [6.45, 7) is 2.68. The largest absolute Gasteiger partial charge is 0.347 e. The molecule has 1 fully saturated rings. The van der Waals surface area contributed by atoms with Crippen LogP contribution in [0.15, 0.2) is 43.2 Å². The molecular formula is C17H23N5O. The van der Waals surface area contributed by atoms with E-state index in [4.69, 9.17) is 0 Å².